The molecule has 0 saturated carbocycles. The number of allylic oxidation sites excluding steroid dienone is 1. The number of ether oxygens (including phenoxy) is 3. The number of nitrogens with one attached hydrogen (secondary N) is 1. The number of amides is 3. The van der Waals surface area contributed by atoms with E-state index in [1.807, 2.05) is 79.7 Å². The van der Waals surface area contributed by atoms with Crippen molar-refractivity contribution in [1.29, 1.82) is 0 Å². The van der Waals surface area contributed by atoms with Crippen LogP contribution in [0.4, 0.5) is 0 Å². The summed E-state index contributed by atoms with van der Waals surface area (Å²) in [4.78, 5) is 60.8. The average molecular weight is 765 g/mol. The lowest BCUT2D eigenvalue weighted by molar-refractivity contribution is -0.163. The normalized spacial score (nSPS) is 30.9. The Morgan fingerprint density at radius 2 is 1.75 bits per heavy atom. The van der Waals surface area contributed by atoms with Crippen molar-refractivity contribution in [1.82, 2.24) is 15.1 Å². The number of methoxy groups -OCH3 is 1. The maximum absolute atomic E-state index is 14.9. The topological polar surface area (TPSA) is 135 Å². The molecule has 0 radical (unpaired) electrons. The minimum atomic E-state index is -1.49. The minimum Gasteiger partial charge on any atom is -0.455 e. The second-order valence-electron chi connectivity index (χ2n) is 13.6. The number of aliphatic hydroxyl groups excluding tert-OH is 1. The van der Waals surface area contributed by atoms with Crippen LogP contribution in [0.5, 0.6) is 0 Å². The van der Waals surface area contributed by atoms with Crippen LogP contribution in [0, 0.1) is 11.8 Å². The average Bonchev–Trinajstić information content (AvgIpc) is 3.73. The largest absolute Gasteiger partial charge is 0.455 e. The number of aliphatic hydroxyl groups is 1. The van der Waals surface area contributed by atoms with Gasteiger partial charge in [0.15, 0.2) is 0 Å². The fraction of sp³-hybridized carbons (Fsp3) is 0.487. The van der Waals surface area contributed by atoms with E-state index in [0.717, 1.165) is 18.4 Å². The summed E-state index contributed by atoms with van der Waals surface area (Å²) in [5.74, 6) is -3.92. The number of carbonyl (C=O) groups is 4. The van der Waals surface area contributed by atoms with E-state index < -0.39 is 66.3 Å². The Morgan fingerprint density at radius 3 is 2.43 bits per heavy atom. The molecule has 2 aromatic carbocycles. The molecule has 4 aliphatic heterocycles. The SMILES string of the molecule is CCCCN1C/C=C\CCC(=O)N[C@@H](COC)[C@H](c2ccccc2)OC(=O)[C@H]2[C@@H]3O[C@@]4(C=C3Br)[C@@H]2C(=O)N([C@@H](CO)Cc2ccccc2)[C@@H]4C1=O. The molecule has 11 nitrogen and oxygen atoms in total. The third-order valence-corrected chi connectivity index (χ3v) is 11.0. The van der Waals surface area contributed by atoms with Gasteiger partial charge in [-0.1, -0.05) is 102 Å². The molecular formula is C39H46BrN3O8. The van der Waals surface area contributed by atoms with Crippen molar-refractivity contribution in [2.24, 2.45) is 11.8 Å². The highest BCUT2D eigenvalue weighted by molar-refractivity contribution is 9.11. The van der Waals surface area contributed by atoms with Gasteiger partial charge in [0.05, 0.1) is 31.2 Å². The van der Waals surface area contributed by atoms with Gasteiger partial charge in [-0.25, -0.2) is 0 Å². The van der Waals surface area contributed by atoms with Gasteiger partial charge < -0.3 is 34.4 Å². The van der Waals surface area contributed by atoms with E-state index in [2.05, 4.69) is 21.2 Å². The summed E-state index contributed by atoms with van der Waals surface area (Å²) in [6, 6.07) is 15.9. The van der Waals surface area contributed by atoms with Gasteiger partial charge in [0.25, 0.3) is 0 Å². The van der Waals surface area contributed by atoms with Crippen molar-refractivity contribution in [3.63, 3.8) is 0 Å². The summed E-state index contributed by atoms with van der Waals surface area (Å²) in [6.45, 7) is 2.38. The van der Waals surface area contributed by atoms with E-state index in [-0.39, 0.29) is 31.4 Å². The maximum atomic E-state index is 14.9. The van der Waals surface area contributed by atoms with Crippen LogP contribution in [-0.4, -0.2) is 102 Å². The summed E-state index contributed by atoms with van der Waals surface area (Å²) in [7, 11) is 1.51. The van der Waals surface area contributed by atoms with Crippen molar-refractivity contribution in [3.05, 3.63) is 94.5 Å². The molecule has 51 heavy (non-hydrogen) atoms. The number of unbranched alkanes of at least 4 members (excludes halogenated alkanes) is 1. The van der Waals surface area contributed by atoms with E-state index in [1.165, 1.54) is 12.0 Å². The number of fused-ring (bicyclic) bond motifs is 2. The number of hydrogen-bond donors (Lipinski definition) is 2. The molecular weight excluding hydrogens is 718 g/mol. The summed E-state index contributed by atoms with van der Waals surface area (Å²) < 4.78 is 19.1. The highest BCUT2D eigenvalue weighted by Crippen LogP contribution is 2.59. The molecule has 2 fully saturated rings. The highest BCUT2D eigenvalue weighted by Gasteiger charge is 2.75. The van der Waals surface area contributed by atoms with Crippen molar-refractivity contribution in [2.45, 2.75) is 75.0 Å². The molecule has 2 N–H and O–H groups in total. The van der Waals surface area contributed by atoms with E-state index in [4.69, 9.17) is 14.2 Å². The van der Waals surface area contributed by atoms with Crippen LogP contribution in [0.3, 0.4) is 0 Å². The Labute approximate surface area is 307 Å². The van der Waals surface area contributed by atoms with Gasteiger partial charge in [0.1, 0.15) is 29.8 Å². The van der Waals surface area contributed by atoms with Gasteiger partial charge >= 0.3 is 5.97 Å². The molecule has 3 amide bonds. The van der Waals surface area contributed by atoms with Gasteiger partial charge in [0, 0.05) is 31.1 Å². The summed E-state index contributed by atoms with van der Waals surface area (Å²) in [6.07, 6.45) is 6.15. The summed E-state index contributed by atoms with van der Waals surface area (Å²) in [5, 5.41) is 13.9. The Morgan fingerprint density at radius 1 is 1.02 bits per heavy atom. The number of likely N-dealkylation sites (tertiary alicyclic amines) is 1. The van der Waals surface area contributed by atoms with Crippen LogP contribution in [0.2, 0.25) is 0 Å². The Balaban J connectivity index is 1.47. The summed E-state index contributed by atoms with van der Waals surface area (Å²) in [5.41, 5.74) is 0.0393. The van der Waals surface area contributed by atoms with Gasteiger partial charge in [-0.05, 0) is 36.5 Å². The number of cyclic esters (lactones) is 1. The zero-order chi connectivity index (χ0) is 36.1. The Hall–Kier alpha value is -3.84. The molecule has 6 rings (SSSR count). The van der Waals surface area contributed by atoms with E-state index in [1.54, 1.807) is 11.0 Å². The second-order valence-corrected chi connectivity index (χ2v) is 14.6. The molecule has 4 heterocycles. The van der Waals surface area contributed by atoms with E-state index in [0.29, 0.717) is 29.4 Å². The molecule has 272 valence electrons. The standard InChI is InChI=1S/C39H46BrN3O8/c1-3-4-19-42-20-13-7-12-18-30(45)41-29(24-49-2)33(26-16-10-6-11-17-26)50-38(48)31-32-36(46)43(27(23-44)21-25-14-8-5-9-15-25)35(37(42)47)39(32)22-28(40)34(31)51-39/h5-11,13-17,22,27,29,31-35,44H,3-4,12,18-21,23-24H2,1-2H3,(H,41,45)/b13-7-/t27-,29+,31-,32+,33+,34-,35-,39+/m1/s1. The number of nitrogens with zero attached hydrogens (tertiary/aromatic N) is 2. The fourth-order valence-corrected chi connectivity index (χ4v) is 8.71. The fourth-order valence-electron chi connectivity index (χ4n) is 7.98. The van der Waals surface area contributed by atoms with Gasteiger partial charge in [0.2, 0.25) is 17.7 Å². The van der Waals surface area contributed by atoms with Gasteiger partial charge in [-0.15, -0.1) is 0 Å². The first kappa shape index (κ1) is 36.9. The molecule has 1 spiro atoms. The first-order valence-corrected chi connectivity index (χ1v) is 18.5. The molecule has 2 aromatic rings. The second kappa shape index (κ2) is 16.2. The lowest BCUT2D eigenvalue weighted by atomic mass is 9.74. The predicted octanol–water partition coefficient (Wildman–Crippen LogP) is 3.86. The highest BCUT2D eigenvalue weighted by atomic mass is 79.9. The molecule has 8 atom stereocenters. The Bertz CT molecular complexity index is 1640. The maximum Gasteiger partial charge on any atom is 0.313 e. The minimum absolute atomic E-state index is 0.0588. The number of carbonyl (C=O) groups excluding carboxylic acids is 4. The Kier molecular flexibility index (Phi) is 11.8. The molecule has 12 heteroatoms. The molecule has 0 aliphatic carbocycles. The lowest BCUT2D eigenvalue weighted by Crippen LogP contribution is -2.59. The van der Waals surface area contributed by atoms with E-state index in [9.17, 15) is 24.3 Å². The number of esters is 1. The van der Waals surface area contributed by atoms with Crippen molar-refractivity contribution >= 4 is 39.6 Å². The molecule has 0 aromatic heterocycles. The quantitative estimate of drug-likeness (QED) is 0.276. The zero-order valence-electron chi connectivity index (χ0n) is 29.0. The monoisotopic (exact) mass is 763 g/mol. The predicted molar refractivity (Wildman–Crippen MR) is 192 cm³/mol. The zero-order valence-corrected chi connectivity index (χ0v) is 30.6. The first-order chi connectivity index (χ1) is 24.7. The molecule has 5 bridgehead atoms. The summed E-state index contributed by atoms with van der Waals surface area (Å²) >= 11 is 3.62. The van der Waals surface area contributed by atoms with Gasteiger partial charge in [-0.2, -0.15) is 0 Å². The van der Waals surface area contributed by atoms with Crippen LogP contribution in [-0.2, 0) is 39.8 Å². The lowest BCUT2D eigenvalue weighted by Gasteiger charge is -2.38. The third-order valence-electron chi connectivity index (χ3n) is 10.3. The molecule has 4 aliphatic rings. The van der Waals surface area contributed by atoms with Crippen LogP contribution in [0.15, 0.2) is 83.4 Å². The molecule has 2 saturated heterocycles. The number of hydrogen-bond acceptors (Lipinski definition) is 8. The van der Waals surface area contributed by atoms with Crippen molar-refractivity contribution in [2.75, 3.05) is 33.4 Å². The first-order valence-electron chi connectivity index (χ1n) is 17.7. The van der Waals surface area contributed by atoms with Crippen LogP contribution < -0.4 is 5.32 Å². The smallest absolute Gasteiger partial charge is 0.313 e. The molecule has 0 unspecified atom stereocenters. The van der Waals surface area contributed by atoms with Crippen LogP contribution in [0.1, 0.15) is 49.8 Å². The van der Waals surface area contributed by atoms with E-state index >= 15 is 0 Å². The number of rotatable bonds is 10. The number of benzene rings is 2. The van der Waals surface area contributed by atoms with Crippen molar-refractivity contribution in [3.8, 4) is 0 Å². The number of halogens is 1. The third kappa shape index (κ3) is 7.28. The van der Waals surface area contributed by atoms with Crippen LogP contribution in [0.25, 0.3) is 0 Å². The van der Waals surface area contributed by atoms with Crippen LogP contribution >= 0.6 is 15.9 Å². The van der Waals surface area contributed by atoms with Gasteiger partial charge in [-0.3, -0.25) is 19.2 Å². The van der Waals surface area contributed by atoms with Crippen molar-refractivity contribution < 1.29 is 38.5 Å².